The second kappa shape index (κ2) is 11.3. The molecule has 0 amide bonds. The van der Waals surface area contributed by atoms with Crippen molar-refractivity contribution in [1.29, 1.82) is 0 Å². The van der Waals surface area contributed by atoms with E-state index >= 15 is 0 Å². The molecule has 1 aliphatic carbocycles. The minimum atomic E-state index is -0.175. The summed E-state index contributed by atoms with van der Waals surface area (Å²) in [5.41, 5.74) is 15.2. The Labute approximate surface area is 297 Å². The quantitative estimate of drug-likeness (QED) is 0.184. The van der Waals surface area contributed by atoms with Gasteiger partial charge in [0.2, 0.25) is 0 Å². The maximum absolute atomic E-state index is 6.25. The zero-order valence-electron chi connectivity index (χ0n) is 28.6. The van der Waals surface area contributed by atoms with Crippen molar-refractivity contribution >= 4 is 49.8 Å². The van der Waals surface area contributed by atoms with Crippen molar-refractivity contribution in [3.05, 3.63) is 187 Å². The number of nitrogens with zero attached hydrogens (tertiary/aromatic N) is 1. The Balaban J connectivity index is 1.17. The molecule has 0 atom stereocenters. The number of fused-ring (bicyclic) bond motifs is 7. The molecular weight excluding hydrogens is 619 g/mol. The molecule has 0 bridgehead atoms. The molecule has 1 aromatic heterocycles. The predicted octanol–water partition coefficient (Wildman–Crippen LogP) is 13.8. The van der Waals surface area contributed by atoms with Crippen LogP contribution in [-0.4, -0.2) is 0 Å². The van der Waals surface area contributed by atoms with Crippen LogP contribution in [0, 0.1) is 0 Å². The van der Waals surface area contributed by atoms with E-state index in [-0.39, 0.29) is 5.41 Å². The van der Waals surface area contributed by atoms with Gasteiger partial charge in [-0.1, -0.05) is 147 Å². The Bertz CT molecular complexity index is 2780. The standard InChI is InChI=1S/C49H35NO/c1-49(2)43-23-7-5-18-40(43)41-22-11-24-44(48(41)49)50(36-16-9-15-34(31-36)38-20-10-14-32-13-3-4-17-37(32)38)35-29-27-33(28-30-35)39-21-12-26-46-47(39)42-19-6-8-25-45(42)51-46/h3-31H,1-2H3. The van der Waals surface area contributed by atoms with Gasteiger partial charge < -0.3 is 9.32 Å². The van der Waals surface area contributed by atoms with Gasteiger partial charge >= 0.3 is 0 Å². The normalized spacial score (nSPS) is 13.1. The van der Waals surface area contributed by atoms with Crippen LogP contribution in [0.15, 0.2) is 180 Å². The molecular formula is C49H35NO. The fourth-order valence-corrected chi connectivity index (χ4v) is 8.53. The highest BCUT2D eigenvalue weighted by molar-refractivity contribution is 6.12. The number of benzene rings is 8. The Morgan fingerprint density at radius 1 is 0.451 bits per heavy atom. The number of hydrogen-bond acceptors (Lipinski definition) is 2. The second-order valence-electron chi connectivity index (χ2n) is 14.1. The first-order chi connectivity index (χ1) is 25.1. The van der Waals surface area contributed by atoms with Gasteiger partial charge in [0, 0.05) is 27.6 Å². The van der Waals surface area contributed by atoms with Crippen molar-refractivity contribution in [3.63, 3.8) is 0 Å². The summed E-state index contributed by atoms with van der Waals surface area (Å²) in [5, 5.41) is 4.79. The smallest absolute Gasteiger partial charge is 0.136 e. The Morgan fingerprint density at radius 2 is 1.10 bits per heavy atom. The highest BCUT2D eigenvalue weighted by Crippen LogP contribution is 2.54. The minimum Gasteiger partial charge on any atom is -0.456 e. The molecule has 9 aromatic rings. The van der Waals surface area contributed by atoms with Crippen LogP contribution in [0.3, 0.4) is 0 Å². The molecule has 0 saturated heterocycles. The molecule has 51 heavy (non-hydrogen) atoms. The van der Waals surface area contributed by atoms with Crippen LogP contribution in [0.2, 0.25) is 0 Å². The molecule has 1 aliphatic rings. The first kappa shape index (κ1) is 29.5. The summed E-state index contributed by atoms with van der Waals surface area (Å²) in [5.74, 6) is 0. The number of para-hydroxylation sites is 1. The number of rotatable bonds is 5. The fraction of sp³-hybridized carbons (Fsp3) is 0.0612. The molecule has 0 aliphatic heterocycles. The van der Waals surface area contributed by atoms with E-state index in [1.807, 2.05) is 12.1 Å². The van der Waals surface area contributed by atoms with Gasteiger partial charge in [0.05, 0.1) is 5.69 Å². The average Bonchev–Trinajstić information content (AvgIpc) is 3.68. The van der Waals surface area contributed by atoms with Gasteiger partial charge in [0.25, 0.3) is 0 Å². The van der Waals surface area contributed by atoms with E-state index in [4.69, 9.17) is 4.42 Å². The first-order valence-corrected chi connectivity index (χ1v) is 17.7. The third kappa shape index (κ3) is 4.57. The van der Waals surface area contributed by atoms with Crippen LogP contribution >= 0.6 is 0 Å². The summed E-state index contributed by atoms with van der Waals surface area (Å²) in [7, 11) is 0. The van der Waals surface area contributed by atoms with Gasteiger partial charge in [-0.05, 0) is 97.7 Å². The van der Waals surface area contributed by atoms with E-state index in [0.29, 0.717) is 0 Å². The zero-order valence-corrected chi connectivity index (χ0v) is 28.6. The lowest BCUT2D eigenvalue weighted by atomic mass is 9.81. The van der Waals surface area contributed by atoms with Crippen LogP contribution in [0.25, 0.3) is 66.1 Å². The van der Waals surface area contributed by atoms with Gasteiger partial charge in [-0.25, -0.2) is 0 Å². The largest absolute Gasteiger partial charge is 0.456 e. The van der Waals surface area contributed by atoms with Crippen molar-refractivity contribution in [1.82, 2.24) is 0 Å². The van der Waals surface area contributed by atoms with Crippen LogP contribution in [-0.2, 0) is 5.41 Å². The van der Waals surface area contributed by atoms with Crippen LogP contribution in [0.4, 0.5) is 17.1 Å². The summed E-state index contributed by atoms with van der Waals surface area (Å²) in [6.07, 6.45) is 0. The Hall–Kier alpha value is -6.38. The molecule has 1 heterocycles. The zero-order chi connectivity index (χ0) is 34.1. The summed E-state index contributed by atoms with van der Waals surface area (Å²) in [6.45, 7) is 4.73. The molecule has 2 heteroatoms. The molecule has 0 spiro atoms. The van der Waals surface area contributed by atoms with Gasteiger partial charge in [-0.2, -0.15) is 0 Å². The van der Waals surface area contributed by atoms with Gasteiger partial charge in [-0.15, -0.1) is 0 Å². The SMILES string of the molecule is CC1(C)c2ccccc2-c2cccc(N(c3ccc(-c4cccc5oc6ccccc6c45)cc3)c3cccc(-c4cccc5ccccc45)c3)c21. The monoisotopic (exact) mass is 653 g/mol. The van der Waals surface area contributed by atoms with E-state index in [9.17, 15) is 0 Å². The summed E-state index contributed by atoms with van der Waals surface area (Å²) < 4.78 is 6.25. The van der Waals surface area contributed by atoms with E-state index in [1.54, 1.807) is 0 Å². The third-order valence-electron chi connectivity index (χ3n) is 10.8. The molecule has 0 N–H and O–H groups in total. The van der Waals surface area contributed by atoms with Gasteiger partial charge in [0.1, 0.15) is 11.2 Å². The number of hydrogen-bond donors (Lipinski definition) is 0. The van der Waals surface area contributed by atoms with Crippen molar-refractivity contribution in [3.8, 4) is 33.4 Å². The van der Waals surface area contributed by atoms with Crippen molar-refractivity contribution in [2.45, 2.75) is 19.3 Å². The fourth-order valence-electron chi connectivity index (χ4n) is 8.53. The first-order valence-electron chi connectivity index (χ1n) is 17.7. The average molecular weight is 654 g/mol. The maximum atomic E-state index is 6.25. The number of anilines is 3. The van der Waals surface area contributed by atoms with E-state index in [2.05, 4.69) is 183 Å². The lowest BCUT2D eigenvalue weighted by molar-refractivity contribution is 0.661. The Kier molecular flexibility index (Phi) is 6.56. The van der Waals surface area contributed by atoms with Crippen molar-refractivity contribution < 1.29 is 4.42 Å². The topological polar surface area (TPSA) is 16.4 Å². The van der Waals surface area contributed by atoms with E-state index in [1.165, 1.54) is 55.4 Å². The van der Waals surface area contributed by atoms with E-state index < -0.39 is 0 Å². The lowest BCUT2D eigenvalue weighted by Crippen LogP contribution is -2.20. The minimum absolute atomic E-state index is 0.175. The molecule has 242 valence electrons. The number of furan rings is 1. The van der Waals surface area contributed by atoms with Crippen molar-refractivity contribution in [2.24, 2.45) is 0 Å². The summed E-state index contributed by atoms with van der Waals surface area (Å²) in [6, 6.07) is 63.7. The maximum Gasteiger partial charge on any atom is 0.136 e. The summed E-state index contributed by atoms with van der Waals surface area (Å²) >= 11 is 0. The van der Waals surface area contributed by atoms with Crippen LogP contribution in [0.5, 0.6) is 0 Å². The molecule has 0 radical (unpaired) electrons. The van der Waals surface area contributed by atoms with Crippen LogP contribution in [0.1, 0.15) is 25.0 Å². The van der Waals surface area contributed by atoms with Crippen molar-refractivity contribution in [2.75, 3.05) is 4.90 Å². The third-order valence-corrected chi connectivity index (χ3v) is 10.8. The van der Waals surface area contributed by atoms with E-state index in [0.717, 1.165) is 38.9 Å². The summed E-state index contributed by atoms with van der Waals surface area (Å²) in [4.78, 5) is 2.46. The molecule has 2 nitrogen and oxygen atoms in total. The molecule has 10 rings (SSSR count). The van der Waals surface area contributed by atoms with Crippen LogP contribution < -0.4 is 4.90 Å². The second-order valence-corrected chi connectivity index (χ2v) is 14.1. The highest BCUT2D eigenvalue weighted by atomic mass is 16.3. The van der Waals surface area contributed by atoms with Gasteiger partial charge in [0.15, 0.2) is 0 Å². The predicted molar refractivity (Wildman–Crippen MR) is 214 cm³/mol. The molecule has 8 aromatic carbocycles. The molecule has 0 saturated carbocycles. The molecule has 0 unspecified atom stereocenters. The Morgan fingerprint density at radius 3 is 2.00 bits per heavy atom. The highest BCUT2D eigenvalue weighted by Gasteiger charge is 2.38. The lowest BCUT2D eigenvalue weighted by Gasteiger charge is -2.32. The van der Waals surface area contributed by atoms with Gasteiger partial charge in [-0.3, -0.25) is 0 Å². The molecule has 0 fully saturated rings.